The monoisotopic (exact) mass is 220 g/mol. The van der Waals surface area contributed by atoms with Gasteiger partial charge in [-0.05, 0) is 20.3 Å². The molecular formula is C7H12N2O2S2. The fourth-order valence-corrected chi connectivity index (χ4v) is 3.56. The minimum absolute atomic E-state index is 0.307. The molecule has 1 heterocycles. The van der Waals surface area contributed by atoms with Gasteiger partial charge in [0.05, 0.1) is 10.9 Å². The van der Waals surface area contributed by atoms with Crippen molar-refractivity contribution in [3.05, 3.63) is 5.69 Å². The van der Waals surface area contributed by atoms with Gasteiger partial charge in [0.1, 0.15) is 0 Å². The van der Waals surface area contributed by atoms with Gasteiger partial charge in [-0.15, -0.1) is 5.10 Å². The van der Waals surface area contributed by atoms with E-state index in [0.29, 0.717) is 16.3 Å². The van der Waals surface area contributed by atoms with Gasteiger partial charge in [-0.1, -0.05) is 11.4 Å². The van der Waals surface area contributed by atoms with Crippen LogP contribution in [0.4, 0.5) is 0 Å². The second-order valence-electron chi connectivity index (χ2n) is 2.91. The molecule has 4 nitrogen and oxygen atoms in total. The van der Waals surface area contributed by atoms with E-state index < -0.39 is 9.84 Å². The van der Waals surface area contributed by atoms with E-state index in [1.54, 1.807) is 13.8 Å². The third-order valence-corrected chi connectivity index (χ3v) is 5.72. The molecule has 0 bridgehead atoms. The standard InChI is InChI=1S/C7H12N2O2S2/c1-4-5(2)13(10,11)7-6(3)8-9-12-7/h5H,4H2,1-3H3. The van der Waals surface area contributed by atoms with E-state index in [4.69, 9.17) is 0 Å². The van der Waals surface area contributed by atoms with Crippen LogP contribution >= 0.6 is 11.5 Å². The van der Waals surface area contributed by atoms with Crippen molar-refractivity contribution in [3.63, 3.8) is 0 Å². The molecule has 0 saturated heterocycles. The number of aromatic nitrogens is 2. The van der Waals surface area contributed by atoms with Gasteiger partial charge in [0.15, 0.2) is 14.0 Å². The molecule has 1 rings (SSSR count). The largest absolute Gasteiger partial charge is 0.222 e. The molecule has 0 aliphatic rings. The SMILES string of the molecule is CCC(C)S(=O)(=O)c1snnc1C. The number of aryl methyl sites for hydroxylation is 1. The summed E-state index contributed by atoms with van der Waals surface area (Å²) in [5.74, 6) is 0. The highest BCUT2D eigenvalue weighted by molar-refractivity contribution is 7.94. The minimum Gasteiger partial charge on any atom is -0.222 e. The third-order valence-electron chi connectivity index (χ3n) is 1.97. The second-order valence-corrected chi connectivity index (χ2v) is 6.23. The van der Waals surface area contributed by atoms with Gasteiger partial charge in [-0.3, -0.25) is 0 Å². The molecule has 0 saturated carbocycles. The molecule has 0 radical (unpaired) electrons. The Labute approximate surface area is 82.1 Å². The summed E-state index contributed by atoms with van der Waals surface area (Å²) in [4.78, 5) is 0. The molecule has 0 amide bonds. The molecule has 0 aromatic carbocycles. The number of hydrogen-bond donors (Lipinski definition) is 0. The fraction of sp³-hybridized carbons (Fsp3) is 0.714. The summed E-state index contributed by atoms with van der Waals surface area (Å²) in [6.45, 7) is 5.22. The van der Waals surface area contributed by atoms with Crippen LogP contribution in [0.15, 0.2) is 4.21 Å². The van der Waals surface area contributed by atoms with Crippen molar-refractivity contribution < 1.29 is 8.42 Å². The summed E-state index contributed by atoms with van der Waals surface area (Å²) < 4.78 is 27.5. The topological polar surface area (TPSA) is 59.9 Å². The molecule has 0 fully saturated rings. The molecular weight excluding hydrogens is 208 g/mol. The zero-order valence-electron chi connectivity index (χ0n) is 7.81. The molecule has 0 spiro atoms. The molecule has 1 aromatic heterocycles. The smallest absolute Gasteiger partial charge is 0.193 e. The maximum absolute atomic E-state index is 11.8. The lowest BCUT2D eigenvalue weighted by Gasteiger charge is -2.07. The number of rotatable bonds is 3. The van der Waals surface area contributed by atoms with Crippen molar-refractivity contribution in [2.24, 2.45) is 0 Å². The third kappa shape index (κ3) is 1.88. The first-order chi connectivity index (χ1) is 6.00. The number of sulfone groups is 1. The first kappa shape index (κ1) is 10.6. The molecule has 0 aliphatic heterocycles. The zero-order valence-corrected chi connectivity index (χ0v) is 9.44. The first-order valence-electron chi connectivity index (χ1n) is 4.03. The fourth-order valence-electron chi connectivity index (χ4n) is 0.886. The van der Waals surface area contributed by atoms with Gasteiger partial charge in [0, 0.05) is 11.5 Å². The van der Waals surface area contributed by atoms with Crippen LogP contribution in [0.3, 0.4) is 0 Å². The summed E-state index contributed by atoms with van der Waals surface area (Å²) in [6.07, 6.45) is 0.611. The molecule has 0 aliphatic carbocycles. The van der Waals surface area contributed by atoms with Crippen molar-refractivity contribution >= 4 is 21.4 Å². The van der Waals surface area contributed by atoms with Crippen LogP contribution in [0.1, 0.15) is 26.0 Å². The number of hydrogen-bond acceptors (Lipinski definition) is 5. The summed E-state index contributed by atoms with van der Waals surface area (Å²) in [5, 5.41) is 3.34. The maximum atomic E-state index is 11.8. The first-order valence-corrected chi connectivity index (χ1v) is 6.35. The molecule has 1 atom stereocenters. The van der Waals surface area contributed by atoms with E-state index in [-0.39, 0.29) is 5.25 Å². The predicted octanol–water partition coefficient (Wildman–Crippen LogP) is 1.42. The van der Waals surface area contributed by atoms with Gasteiger partial charge in [-0.25, -0.2) is 8.42 Å². The maximum Gasteiger partial charge on any atom is 0.193 e. The molecule has 1 aromatic rings. The highest BCUT2D eigenvalue weighted by Gasteiger charge is 2.26. The highest BCUT2D eigenvalue weighted by atomic mass is 32.2. The van der Waals surface area contributed by atoms with Gasteiger partial charge < -0.3 is 0 Å². The summed E-state index contributed by atoms with van der Waals surface area (Å²) >= 11 is 0.951. The zero-order chi connectivity index (χ0) is 10.1. The summed E-state index contributed by atoms with van der Waals surface area (Å²) in [6, 6.07) is 0. The lowest BCUT2D eigenvalue weighted by molar-refractivity contribution is 0.582. The molecule has 6 heteroatoms. The van der Waals surface area contributed by atoms with Crippen molar-refractivity contribution in [1.29, 1.82) is 0 Å². The Balaban J connectivity index is 3.16. The van der Waals surface area contributed by atoms with E-state index >= 15 is 0 Å². The molecule has 0 N–H and O–H groups in total. The number of nitrogens with zero attached hydrogens (tertiary/aromatic N) is 2. The Hall–Kier alpha value is -0.490. The quantitative estimate of drug-likeness (QED) is 0.773. The highest BCUT2D eigenvalue weighted by Crippen LogP contribution is 2.23. The molecule has 1 unspecified atom stereocenters. The molecule has 74 valence electrons. The Morgan fingerprint density at radius 1 is 1.54 bits per heavy atom. The Morgan fingerprint density at radius 2 is 2.15 bits per heavy atom. The lowest BCUT2D eigenvalue weighted by atomic mass is 10.4. The van der Waals surface area contributed by atoms with Gasteiger partial charge in [-0.2, -0.15) is 0 Å². The van der Waals surface area contributed by atoms with Gasteiger partial charge in [0.2, 0.25) is 0 Å². The van der Waals surface area contributed by atoms with Crippen LogP contribution in [-0.2, 0) is 9.84 Å². The van der Waals surface area contributed by atoms with Crippen LogP contribution in [0.25, 0.3) is 0 Å². The lowest BCUT2D eigenvalue weighted by Crippen LogP contribution is -2.16. The normalized spacial score (nSPS) is 14.4. The van der Waals surface area contributed by atoms with E-state index in [0.717, 1.165) is 11.5 Å². The van der Waals surface area contributed by atoms with E-state index in [9.17, 15) is 8.42 Å². The van der Waals surface area contributed by atoms with E-state index in [1.807, 2.05) is 6.92 Å². The van der Waals surface area contributed by atoms with Gasteiger partial charge >= 0.3 is 0 Å². The summed E-state index contributed by atoms with van der Waals surface area (Å²) in [7, 11) is -3.18. The van der Waals surface area contributed by atoms with Crippen LogP contribution < -0.4 is 0 Å². The van der Waals surface area contributed by atoms with Crippen molar-refractivity contribution in [1.82, 2.24) is 9.59 Å². The predicted molar refractivity (Wildman–Crippen MR) is 51.6 cm³/mol. The minimum atomic E-state index is -3.18. The Bertz CT molecular complexity index is 383. The van der Waals surface area contributed by atoms with Crippen LogP contribution in [0, 0.1) is 6.92 Å². The van der Waals surface area contributed by atoms with Crippen LogP contribution in [0.2, 0.25) is 0 Å². The van der Waals surface area contributed by atoms with Crippen molar-refractivity contribution in [2.75, 3.05) is 0 Å². The Morgan fingerprint density at radius 3 is 2.54 bits per heavy atom. The average molecular weight is 220 g/mol. The summed E-state index contributed by atoms with van der Waals surface area (Å²) in [5.41, 5.74) is 0.505. The van der Waals surface area contributed by atoms with Gasteiger partial charge in [0.25, 0.3) is 0 Å². The molecule has 13 heavy (non-hydrogen) atoms. The van der Waals surface area contributed by atoms with Crippen molar-refractivity contribution in [2.45, 2.75) is 36.7 Å². The van der Waals surface area contributed by atoms with Crippen LogP contribution in [0.5, 0.6) is 0 Å². The average Bonchev–Trinajstić information content (AvgIpc) is 2.50. The van der Waals surface area contributed by atoms with E-state index in [1.165, 1.54) is 0 Å². The second kappa shape index (κ2) is 3.71. The Kier molecular flexibility index (Phi) is 3.02. The van der Waals surface area contributed by atoms with E-state index in [2.05, 4.69) is 9.59 Å². The van der Waals surface area contributed by atoms with Crippen LogP contribution in [-0.4, -0.2) is 23.3 Å². The van der Waals surface area contributed by atoms with Crippen molar-refractivity contribution in [3.8, 4) is 0 Å².